The number of benzene rings is 2. The van der Waals surface area contributed by atoms with Crippen molar-refractivity contribution in [1.82, 2.24) is 9.78 Å². The maximum atomic E-state index is 11.8. The molecule has 23 heavy (non-hydrogen) atoms. The molecule has 0 aliphatic rings. The molecular formula is C15H11Cl2N3O2S. The smallest absolute Gasteiger partial charge is 0.230 e. The van der Waals surface area contributed by atoms with Crippen molar-refractivity contribution in [3.05, 3.63) is 64.8 Å². The summed E-state index contributed by atoms with van der Waals surface area (Å²) in [5.41, 5.74) is 1.63. The van der Waals surface area contributed by atoms with E-state index in [9.17, 15) is 8.42 Å². The van der Waals surface area contributed by atoms with Crippen LogP contribution in [0, 0.1) is 0 Å². The molecule has 0 amide bonds. The van der Waals surface area contributed by atoms with Gasteiger partial charge in [0.15, 0.2) is 0 Å². The van der Waals surface area contributed by atoms with Gasteiger partial charge in [-0.25, -0.2) is 18.2 Å². The highest BCUT2D eigenvalue weighted by molar-refractivity contribution is 7.89. The van der Waals surface area contributed by atoms with Crippen LogP contribution in [-0.2, 0) is 10.0 Å². The Hall–Kier alpha value is -1.86. The maximum Gasteiger partial charge on any atom is 0.240 e. The molecule has 0 radical (unpaired) electrons. The summed E-state index contributed by atoms with van der Waals surface area (Å²) in [6.45, 7) is 0. The van der Waals surface area contributed by atoms with Crippen LogP contribution in [0.5, 0.6) is 0 Å². The van der Waals surface area contributed by atoms with Crippen LogP contribution in [-0.4, -0.2) is 18.2 Å². The third kappa shape index (κ3) is 3.11. The van der Waals surface area contributed by atoms with E-state index in [-0.39, 0.29) is 4.90 Å². The number of halogens is 2. The number of para-hydroxylation sites is 1. The van der Waals surface area contributed by atoms with Crippen LogP contribution < -0.4 is 5.14 Å². The molecule has 118 valence electrons. The van der Waals surface area contributed by atoms with Crippen molar-refractivity contribution in [1.29, 1.82) is 0 Å². The van der Waals surface area contributed by atoms with Crippen LogP contribution >= 0.6 is 23.2 Å². The highest BCUT2D eigenvalue weighted by atomic mass is 35.5. The zero-order chi connectivity index (χ0) is 16.6. The van der Waals surface area contributed by atoms with Crippen LogP contribution in [0.4, 0.5) is 0 Å². The minimum absolute atomic E-state index is 0.0324. The second-order valence-electron chi connectivity index (χ2n) is 4.77. The highest BCUT2D eigenvalue weighted by Gasteiger charge is 2.19. The van der Waals surface area contributed by atoms with Crippen molar-refractivity contribution in [3.8, 4) is 16.9 Å². The molecule has 8 heteroatoms. The summed E-state index contributed by atoms with van der Waals surface area (Å²) in [7, 11) is -3.90. The van der Waals surface area contributed by atoms with E-state index in [1.165, 1.54) is 16.9 Å². The molecule has 3 rings (SSSR count). The summed E-state index contributed by atoms with van der Waals surface area (Å²) >= 11 is 12.1. The van der Waals surface area contributed by atoms with E-state index in [0.717, 1.165) is 5.56 Å². The highest BCUT2D eigenvalue weighted by Crippen LogP contribution is 2.32. The lowest BCUT2D eigenvalue weighted by molar-refractivity contribution is 0.596. The molecule has 0 aliphatic heterocycles. The van der Waals surface area contributed by atoms with E-state index >= 15 is 0 Å². The van der Waals surface area contributed by atoms with Gasteiger partial charge in [-0.2, -0.15) is 5.10 Å². The molecular weight excluding hydrogens is 357 g/mol. The normalized spacial score (nSPS) is 11.6. The SMILES string of the molecule is NS(=O)(=O)c1ccccc1-n1ncc(Cl)c1-c1ccc(Cl)cc1. The first-order chi connectivity index (χ1) is 10.9. The third-order valence-electron chi connectivity index (χ3n) is 3.24. The van der Waals surface area contributed by atoms with Crippen molar-refractivity contribution in [2.24, 2.45) is 5.14 Å². The Labute approximate surface area is 143 Å². The Balaban J connectivity index is 2.27. The van der Waals surface area contributed by atoms with Gasteiger partial charge in [-0.15, -0.1) is 0 Å². The lowest BCUT2D eigenvalue weighted by atomic mass is 10.1. The van der Waals surface area contributed by atoms with Gasteiger partial charge in [0.25, 0.3) is 0 Å². The quantitative estimate of drug-likeness (QED) is 0.769. The maximum absolute atomic E-state index is 11.8. The predicted molar refractivity (Wildman–Crippen MR) is 90.4 cm³/mol. The van der Waals surface area contributed by atoms with E-state index in [2.05, 4.69) is 5.10 Å². The molecule has 2 aromatic carbocycles. The molecule has 2 N–H and O–H groups in total. The number of sulfonamides is 1. The minimum atomic E-state index is -3.90. The monoisotopic (exact) mass is 367 g/mol. The van der Waals surface area contributed by atoms with Crippen molar-refractivity contribution in [2.75, 3.05) is 0 Å². The zero-order valence-electron chi connectivity index (χ0n) is 11.6. The van der Waals surface area contributed by atoms with Crippen LogP contribution in [0.15, 0.2) is 59.6 Å². The molecule has 5 nitrogen and oxygen atoms in total. The number of aromatic nitrogens is 2. The molecule has 0 atom stereocenters. The third-order valence-corrected chi connectivity index (χ3v) is 4.73. The van der Waals surface area contributed by atoms with Crippen molar-refractivity contribution >= 4 is 33.2 Å². The Morgan fingerprint density at radius 1 is 1.00 bits per heavy atom. The molecule has 0 unspecified atom stereocenters. The lowest BCUT2D eigenvalue weighted by Crippen LogP contribution is -2.16. The molecule has 0 saturated carbocycles. The Kier molecular flexibility index (Phi) is 4.16. The Morgan fingerprint density at radius 2 is 1.65 bits per heavy atom. The molecule has 3 aromatic rings. The molecule has 1 heterocycles. The Morgan fingerprint density at radius 3 is 2.30 bits per heavy atom. The fraction of sp³-hybridized carbons (Fsp3) is 0. The summed E-state index contributed by atoms with van der Waals surface area (Å²) in [5, 5.41) is 10.5. The minimum Gasteiger partial charge on any atom is -0.230 e. The number of nitrogens with zero attached hydrogens (tertiary/aromatic N) is 2. The van der Waals surface area contributed by atoms with Crippen molar-refractivity contribution < 1.29 is 8.42 Å². The second-order valence-corrected chi connectivity index (χ2v) is 7.15. The van der Waals surface area contributed by atoms with E-state index in [1.807, 2.05) is 0 Å². The summed E-state index contributed by atoms with van der Waals surface area (Å²) in [5.74, 6) is 0. The van der Waals surface area contributed by atoms with Crippen LogP contribution in [0.1, 0.15) is 0 Å². The number of rotatable bonds is 3. The van der Waals surface area contributed by atoms with Crippen molar-refractivity contribution in [2.45, 2.75) is 4.90 Å². The van der Waals surface area contributed by atoms with Gasteiger partial charge in [0.2, 0.25) is 10.0 Å². The van der Waals surface area contributed by atoms with Crippen LogP contribution in [0.2, 0.25) is 10.0 Å². The topological polar surface area (TPSA) is 78.0 Å². The van der Waals surface area contributed by atoms with Gasteiger partial charge in [-0.1, -0.05) is 47.5 Å². The summed E-state index contributed by atoms with van der Waals surface area (Å²) < 4.78 is 25.1. The number of primary sulfonamides is 1. The first-order valence-corrected chi connectivity index (χ1v) is 8.80. The van der Waals surface area contributed by atoms with Gasteiger partial charge in [-0.05, 0) is 24.3 Å². The van der Waals surface area contributed by atoms with Gasteiger partial charge in [-0.3, -0.25) is 0 Å². The molecule has 0 saturated heterocycles. The van der Waals surface area contributed by atoms with E-state index < -0.39 is 10.0 Å². The van der Waals surface area contributed by atoms with Gasteiger partial charge >= 0.3 is 0 Å². The summed E-state index contributed by atoms with van der Waals surface area (Å²) in [4.78, 5) is -0.0324. The number of hydrogen-bond acceptors (Lipinski definition) is 3. The van der Waals surface area contributed by atoms with E-state index in [1.54, 1.807) is 42.5 Å². The van der Waals surface area contributed by atoms with Crippen molar-refractivity contribution in [3.63, 3.8) is 0 Å². The predicted octanol–water partition coefficient (Wildman–Crippen LogP) is 3.49. The first-order valence-electron chi connectivity index (χ1n) is 6.49. The van der Waals surface area contributed by atoms with Gasteiger partial charge < -0.3 is 0 Å². The van der Waals surface area contributed by atoms with E-state index in [0.29, 0.717) is 21.4 Å². The van der Waals surface area contributed by atoms with E-state index in [4.69, 9.17) is 28.3 Å². The summed E-state index contributed by atoms with van der Waals surface area (Å²) in [6.07, 6.45) is 1.45. The molecule has 0 fully saturated rings. The molecule has 1 aromatic heterocycles. The largest absolute Gasteiger partial charge is 0.240 e. The lowest BCUT2D eigenvalue weighted by Gasteiger charge is -2.12. The second kappa shape index (κ2) is 5.98. The fourth-order valence-electron chi connectivity index (χ4n) is 2.25. The molecule has 0 aliphatic carbocycles. The fourth-order valence-corrected chi connectivity index (χ4v) is 3.32. The average Bonchev–Trinajstić information content (AvgIpc) is 2.89. The Bertz CT molecular complexity index is 967. The van der Waals surface area contributed by atoms with Gasteiger partial charge in [0, 0.05) is 10.6 Å². The first kappa shape index (κ1) is 16.0. The van der Waals surface area contributed by atoms with Gasteiger partial charge in [0.1, 0.15) is 4.90 Å². The molecule has 0 bridgehead atoms. The number of nitrogens with two attached hydrogens (primary N) is 1. The average molecular weight is 368 g/mol. The van der Waals surface area contributed by atoms with Crippen LogP contribution in [0.25, 0.3) is 16.9 Å². The number of hydrogen-bond donors (Lipinski definition) is 1. The standard InChI is InChI=1S/C15H11Cl2N3O2S/c16-11-7-5-10(6-8-11)15-12(17)9-19-20(15)13-3-1-2-4-14(13)23(18,21)22/h1-9H,(H2,18,21,22). The van der Waals surface area contributed by atoms with Crippen LogP contribution in [0.3, 0.4) is 0 Å². The summed E-state index contributed by atoms with van der Waals surface area (Å²) in [6, 6.07) is 13.3. The van der Waals surface area contributed by atoms with Gasteiger partial charge in [0.05, 0.1) is 22.6 Å². The molecule has 0 spiro atoms. The zero-order valence-corrected chi connectivity index (χ0v) is 14.0.